The van der Waals surface area contributed by atoms with Gasteiger partial charge in [0.1, 0.15) is 11.8 Å². The van der Waals surface area contributed by atoms with Gasteiger partial charge in [-0.3, -0.25) is 29.4 Å². The molecule has 2 N–H and O–H groups in total. The van der Waals surface area contributed by atoms with Crippen LogP contribution in [0.3, 0.4) is 0 Å². The summed E-state index contributed by atoms with van der Waals surface area (Å²) in [4.78, 5) is 60.8. The quantitative estimate of drug-likeness (QED) is 0.724. The summed E-state index contributed by atoms with van der Waals surface area (Å²) in [7, 11) is 0. The number of ether oxygens (including phenoxy) is 1. The predicted molar refractivity (Wildman–Crippen MR) is 85.5 cm³/mol. The van der Waals surface area contributed by atoms with E-state index in [1.54, 1.807) is 6.92 Å². The minimum atomic E-state index is -1.19. The van der Waals surface area contributed by atoms with Crippen molar-refractivity contribution in [1.29, 1.82) is 0 Å². The first-order chi connectivity index (χ1) is 12.3. The molecule has 1 aromatic carbocycles. The normalized spacial score (nSPS) is 20.7. The van der Waals surface area contributed by atoms with Gasteiger partial charge in [-0.1, -0.05) is 13.0 Å². The molecule has 2 aliphatic heterocycles. The first kappa shape index (κ1) is 17.6. The van der Waals surface area contributed by atoms with E-state index in [4.69, 9.17) is 9.84 Å². The van der Waals surface area contributed by atoms with Crippen LogP contribution >= 0.6 is 0 Å². The fraction of sp³-hybridized carbons (Fsp3) is 0.353. The molecule has 136 valence electrons. The lowest BCUT2D eigenvalue weighted by atomic mass is 10.0. The summed E-state index contributed by atoms with van der Waals surface area (Å²) in [5.74, 6) is -3.80. The third-order valence-electron chi connectivity index (χ3n) is 4.35. The highest BCUT2D eigenvalue weighted by atomic mass is 16.5. The molecule has 0 spiro atoms. The number of carboxylic acids is 1. The van der Waals surface area contributed by atoms with Crippen molar-refractivity contribution in [2.24, 2.45) is 0 Å². The summed E-state index contributed by atoms with van der Waals surface area (Å²) in [6.07, 6.45) is -0.949. The van der Waals surface area contributed by atoms with E-state index in [0.717, 1.165) is 4.90 Å². The average molecular weight is 360 g/mol. The van der Waals surface area contributed by atoms with Crippen LogP contribution in [-0.4, -0.2) is 51.8 Å². The number of nitrogens with zero attached hydrogens (tertiary/aromatic N) is 1. The summed E-state index contributed by atoms with van der Waals surface area (Å²) in [5, 5.41) is 11.3. The molecule has 2 atom stereocenters. The van der Waals surface area contributed by atoms with E-state index < -0.39 is 41.7 Å². The molecule has 0 radical (unpaired) electrons. The molecule has 2 unspecified atom stereocenters. The Morgan fingerprint density at radius 3 is 2.65 bits per heavy atom. The predicted octanol–water partition coefficient (Wildman–Crippen LogP) is 0.330. The van der Waals surface area contributed by atoms with Crippen LogP contribution < -0.4 is 10.1 Å². The van der Waals surface area contributed by atoms with E-state index in [1.807, 2.05) is 0 Å². The molecular formula is C17H16N2O7. The Morgan fingerprint density at radius 2 is 2.04 bits per heavy atom. The van der Waals surface area contributed by atoms with Crippen LogP contribution in [0, 0.1) is 0 Å². The Bertz CT molecular complexity index is 832. The molecule has 0 aromatic heterocycles. The van der Waals surface area contributed by atoms with Gasteiger partial charge in [-0.15, -0.1) is 0 Å². The van der Waals surface area contributed by atoms with E-state index in [9.17, 15) is 24.0 Å². The summed E-state index contributed by atoms with van der Waals surface area (Å²) in [6.45, 7) is 1.62. The van der Waals surface area contributed by atoms with Gasteiger partial charge >= 0.3 is 5.97 Å². The van der Waals surface area contributed by atoms with Gasteiger partial charge < -0.3 is 9.84 Å². The number of imide groups is 2. The molecule has 26 heavy (non-hydrogen) atoms. The van der Waals surface area contributed by atoms with Crippen molar-refractivity contribution in [2.45, 2.75) is 38.3 Å². The molecule has 0 aliphatic carbocycles. The number of hydrogen-bond donors (Lipinski definition) is 2. The Kier molecular flexibility index (Phi) is 4.45. The number of rotatable bonds is 5. The third-order valence-corrected chi connectivity index (χ3v) is 4.35. The molecule has 0 bridgehead atoms. The van der Waals surface area contributed by atoms with E-state index in [1.165, 1.54) is 18.2 Å². The van der Waals surface area contributed by atoms with Crippen LogP contribution in [0.1, 0.15) is 46.9 Å². The summed E-state index contributed by atoms with van der Waals surface area (Å²) < 4.78 is 5.41. The van der Waals surface area contributed by atoms with Gasteiger partial charge in [0.15, 0.2) is 6.10 Å². The summed E-state index contributed by atoms with van der Waals surface area (Å²) in [6, 6.07) is 3.20. The monoisotopic (exact) mass is 360 g/mol. The van der Waals surface area contributed by atoms with E-state index in [-0.39, 0.29) is 36.1 Å². The van der Waals surface area contributed by atoms with Crippen molar-refractivity contribution in [3.63, 3.8) is 0 Å². The minimum Gasteiger partial charge on any atom is -0.479 e. The van der Waals surface area contributed by atoms with Crippen molar-refractivity contribution < 1.29 is 33.8 Å². The van der Waals surface area contributed by atoms with Gasteiger partial charge in [0.25, 0.3) is 11.8 Å². The molecule has 1 fully saturated rings. The van der Waals surface area contributed by atoms with Crippen LogP contribution in [0.25, 0.3) is 0 Å². The lowest BCUT2D eigenvalue weighted by Crippen LogP contribution is -2.54. The SMILES string of the molecule is CCC(Oc1cccc2c1C(=O)N(C1CCC(=O)NC1=O)C2=O)C(=O)O. The third kappa shape index (κ3) is 2.81. The van der Waals surface area contributed by atoms with Gasteiger partial charge in [0, 0.05) is 6.42 Å². The highest BCUT2D eigenvalue weighted by Gasteiger charge is 2.46. The largest absolute Gasteiger partial charge is 0.479 e. The maximum atomic E-state index is 12.8. The van der Waals surface area contributed by atoms with Crippen molar-refractivity contribution in [2.75, 3.05) is 0 Å². The Morgan fingerprint density at radius 1 is 1.31 bits per heavy atom. The van der Waals surface area contributed by atoms with E-state index in [2.05, 4.69) is 5.32 Å². The molecule has 4 amide bonds. The number of piperidine rings is 1. The smallest absolute Gasteiger partial charge is 0.344 e. The van der Waals surface area contributed by atoms with Crippen molar-refractivity contribution in [3.05, 3.63) is 29.3 Å². The van der Waals surface area contributed by atoms with Gasteiger partial charge in [-0.2, -0.15) is 0 Å². The number of benzene rings is 1. The fourth-order valence-electron chi connectivity index (χ4n) is 3.04. The molecule has 9 nitrogen and oxygen atoms in total. The number of hydrogen-bond acceptors (Lipinski definition) is 6. The molecular weight excluding hydrogens is 344 g/mol. The molecule has 3 rings (SSSR count). The second kappa shape index (κ2) is 6.58. The zero-order chi connectivity index (χ0) is 19.0. The Labute approximate surface area is 147 Å². The van der Waals surface area contributed by atoms with Gasteiger partial charge in [0.2, 0.25) is 11.8 Å². The Balaban J connectivity index is 1.95. The topological polar surface area (TPSA) is 130 Å². The number of amides is 4. The lowest BCUT2D eigenvalue weighted by molar-refractivity contribution is -0.145. The molecule has 9 heteroatoms. The maximum absolute atomic E-state index is 12.8. The van der Waals surface area contributed by atoms with Gasteiger partial charge in [0.05, 0.1) is 11.1 Å². The van der Waals surface area contributed by atoms with Crippen LogP contribution in [-0.2, 0) is 14.4 Å². The highest BCUT2D eigenvalue weighted by molar-refractivity contribution is 6.24. The number of carbonyl (C=O) groups excluding carboxylic acids is 4. The number of fused-ring (bicyclic) bond motifs is 1. The van der Waals surface area contributed by atoms with Gasteiger partial charge in [-0.25, -0.2) is 4.79 Å². The maximum Gasteiger partial charge on any atom is 0.344 e. The van der Waals surface area contributed by atoms with Crippen LogP contribution in [0.4, 0.5) is 0 Å². The molecule has 1 saturated heterocycles. The standard InChI is InChI=1S/C17H16N2O7/c1-2-10(17(24)25)26-11-5-3-4-8-13(11)16(23)19(15(8)22)9-6-7-12(20)18-14(9)21/h3-5,9-10H,2,6-7H2,1H3,(H,24,25)(H,18,20,21). The molecule has 2 aliphatic rings. The highest BCUT2D eigenvalue weighted by Crippen LogP contribution is 2.34. The lowest BCUT2D eigenvalue weighted by Gasteiger charge is -2.27. The summed E-state index contributed by atoms with van der Waals surface area (Å²) >= 11 is 0. The molecule has 0 saturated carbocycles. The number of aliphatic carboxylic acids is 1. The second-order valence-corrected chi connectivity index (χ2v) is 5.98. The number of carboxylic acid groups (broad SMARTS) is 1. The molecule has 1 aromatic rings. The zero-order valence-corrected chi connectivity index (χ0v) is 13.9. The minimum absolute atomic E-state index is 0.0179. The summed E-state index contributed by atoms with van der Waals surface area (Å²) in [5.41, 5.74) is -0.0284. The van der Waals surface area contributed by atoms with E-state index >= 15 is 0 Å². The number of carbonyl (C=O) groups is 5. The Hall–Kier alpha value is -3.23. The van der Waals surface area contributed by atoms with E-state index in [0.29, 0.717) is 0 Å². The first-order valence-electron chi connectivity index (χ1n) is 8.09. The van der Waals surface area contributed by atoms with Crippen molar-refractivity contribution >= 4 is 29.6 Å². The zero-order valence-electron chi connectivity index (χ0n) is 13.9. The average Bonchev–Trinajstić information content (AvgIpc) is 2.85. The van der Waals surface area contributed by atoms with Gasteiger partial charge in [-0.05, 0) is 25.0 Å². The second-order valence-electron chi connectivity index (χ2n) is 5.98. The fourth-order valence-corrected chi connectivity index (χ4v) is 3.04. The molecule has 2 heterocycles. The number of nitrogens with one attached hydrogen (secondary N) is 1. The first-order valence-corrected chi connectivity index (χ1v) is 8.09. The van der Waals surface area contributed by atoms with Crippen LogP contribution in [0.2, 0.25) is 0 Å². The van der Waals surface area contributed by atoms with Crippen molar-refractivity contribution in [1.82, 2.24) is 10.2 Å². The van der Waals surface area contributed by atoms with Crippen molar-refractivity contribution in [3.8, 4) is 5.75 Å². The van der Waals surface area contributed by atoms with Crippen LogP contribution in [0.15, 0.2) is 18.2 Å². The van der Waals surface area contributed by atoms with Crippen LogP contribution in [0.5, 0.6) is 5.75 Å².